The van der Waals surface area contributed by atoms with Gasteiger partial charge in [-0.15, -0.1) is 10.2 Å². The predicted octanol–water partition coefficient (Wildman–Crippen LogP) is 4.62. The number of carbonyl (C=O) groups is 1. The summed E-state index contributed by atoms with van der Waals surface area (Å²) in [7, 11) is 0. The van der Waals surface area contributed by atoms with E-state index in [1.54, 1.807) is 24.3 Å². The number of esters is 1. The molecule has 0 spiro atoms. The molecule has 0 aliphatic carbocycles. The fourth-order valence-corrected chi connectivity index (χ4v) is 2.30. The summed E-state index contributed by atoms with van der Waals surface area (Å²) in [4.78, 5) is 16.3. The Morgan fingerprint density at radius 1 is 1.21 bits per heavy atom. The quantitative estimate of drug-likeness (QED) is 0.508. The van der Waals surface area contributed by atoms with E-state index in [9.17, 15) is 4.79 Å². The van der Waals surface area contributed by atoms with Gasteiger partial charge in [0.05, 0.1) is 23.6 Å². The van der Waals surface area contributed by atoms with Crippen LogP contribution in [0.5, 0.6) is 0 Å². The smallest absolute Gasteiger partial charge is 0.338 e. The summed E-state index contributed by atoms with van der Waals surface area (Å²) in [5.74, 6) is 0.324. The van der Waals surface area contributed by atoms with Crippen LogP contribution in [-0.2, 0) is 4.74 Å². The molecular formula is C18H18N4O2. The summed E-state index contributed by atoms with van der Waals surface area (Å²) < 4.78 is 7.01. The van der Waals surface area contributed by atoms with Crippen LogP contribution in [-0.4, -0.2) is 22.0 Å². The van der Waals surface area contributed by atoms with E-state index >= 15 is 0 Å². The Morgan fingerprint density at radius 3 is 2.92 bits per heavy atom. The Morgan fingerprint density at radius 2 is 2.08 bits per heavy atom. The molecule has 3 rings (SSSR count). The number of benzene rings is 1. The Kier molecular flexibility index (Phi) is 4.65. The second kappa shape index (κ2) is 7.04. The summed E-state index contributed by atoms with van der Waals surface area (Å²) in [6.07, 6.45) is 2.68. The monoisotopic (exact) mass is 322 g/mol. The molecule has 2 aromatic heterocycles. The maximum absolute atomic E-state index is 11.9. The van der Waals surface area contributed by atoms with Gasteiger partial charge in [-0.3, -0.25) is 4.40 Å². The minimum absolute atomic E-state index is 0.347. The summed E-state index contributed by atoms with van der Waals surface area (Å²) in [6.45, 7) is 4.25. The van der Waals surface area contributed by atoms with Crippen molar-refractivity contribution >= 4 is 23.1 Å². The number of carbonyl (C=O) groups excluding carboxylic acids is 1. The minimum atomic E-state index is -0.347. The van der Waals surface area contributed by atoms with Crippen molar-refractivity contribution in [2.24, 2.45) is 10.2 Å². The Hall–Kier alpha value is -3.02. The lowest BCUT2D eigenvalue weighted by Gasteiger charge is -2.03. The first-order valence-electron chi connectivity index (χ1n) is 7.81. The first kappa shape index (κ1) is 15.9. The highest BCUT2D eigenvalue weighted by molar-refractivity contribution is 5.90. The Balaban J connectivity index is 1.86. The molecule has 3 aromatic rings. The fraction of sp³-hybridized carbons (Fsp3) is 0.222. The number of rotatable bonds is 5. The summed E-state index contributed by atoms with van der Waals surface area (Å²) in [6, 6.07) is 12.7. The van der Waals surface area contributed by atoms with E-state index in [1.807, 2.05) is 42.6 Å². The van der Waals surface area contributed by atoms with Gasteiger partial charge in [0.2, 0.25) is 0 Å². The third-order valence-corrected chi connectivity index (χ3v) is 3.45. The van der Waals surface area contributed by atoms with Crippen molar-refractivity contribution in [2.45, 2.75) is 20.3 Å². The van der Waals surface area contributed by atoms with E-state index in [1.165, 1.54) is 0 Å². The number of hydrogen-bond acceptors (Lipinski definition) is 5. The Labute approximate surface area is 139 Å². The molecule has 0 saturated heterocycles. The first-order valence-corrected chi connectivity index (χ1v) is 7.81. The molecule has 2 heterocycles. The van der Waals surface area contributed by atoms with Gasteiger partial charge in [0.1, 0.15) is 5.65 Å². The third kappa shape index (κ3) is 3.32. The molecular weight excluding hydrogens is 304 g/mol. The van der Waals surface area contributed by atoms with Crippen LogP contribution in [0.2, 0.25) is 0 Å². The number of azo groups is 1. The zero-order valence-electron chi connectivity index (χ0n) is 13.6. The van der Waals surface area contributed by atoms with Crippen LogP contribution in [0.4, 0.5) is 11.5 Å². The fourth-order valence-electron chi connectivity index (χ4n) is 2.30. The van der Waals surface area contributed by atoms with E-state index in [0.29, 0.717) is 23.7 Å². The number of imidazole rings is 1. The van der Waals surface area contributed by atoms with Crippen LogP contribution < -0.4 is 0 Å². The minimum Gasteiger partial charge on any atom is -0.462 e. The molecule has 0 unspecified atom stereocenters. The lowest BCUT2D eigenvalue weighted by Crippen LogP contribution is -2.05. The van der Waals surface area contributed by atoms with Crippen LogP contribution >= 0.6 is 0 Å². The van der Waals surface area contributed by atoms with Gasteiger partial charge in [-0.25, -0.2) is 9.78 Å². The average Bonchev–Trinajstić information content (AvgIpc) is 2.93. The average molecular weight is 322 g/mol. The van der Waals surface area contributed by atoms with Crippen LogP contribution in [0.15, 0.2) is 58.9 Å². The van der Waals surface area contributed by atoms with Crippen molar-refractivity contribution in [3.05, 3.63) is 59.9 Å². The van der Waals surface area contributed by atoms with E-state index in [-0.39, 0.29) is 5.97 Å². The van der Waals surface area contributed by atoms with E-state index < -0.39 is 0 Å². The maximum Gasteiger partial charge on any atom is 0.338 e. The highest BCUT2D eigenvalue weighted by Gasteiger charge is 2.09. The second-order valence-electron chi connectivity index (χ2n) is 5.34. The standard InChI is InChI=1S/C18H18N4O2/c1-3-11-24-18(23)14-7-6-8-15(12-14)20-21-17-13(2)19-16-9-4-5-10-22(16)17/h4-10,12H,3,11H2,1-2H3. The molecule has 0 aliphatic heterocycles. The van der Waals surface area contributed by atoms with Crippen molar-refractivity contribution in [1.82, 2.24) is 9.38 Å². The molecule has 0 radical (unpaired) electrons. The second-order valence-corrected chi connectivity index (χ2v) is 5.34. The topological polar surface area (TPSA) is 68.3 Å². The van der Waals surface area contributed by atoms with Crippen LogP contribution in [0, 0.1) is 6.92 Å². The number of aryl methyl sites for hydroxylation is 1. The maximum atomic E-state index is 11.9. The summed E-state index contributed by atoms with van der Waals surface area (Å²) in [5, 5.41) is 8.54. The van der Waals surface area contributed by atoms with Gasteiger partial charge in [-0.1, -0.05) is 19.1 Å². The van der Waals surface area contributed by atoms with Crippen molar-refractivity contribution in [3.63, 3.8) is 0 Å². The number of nitrogens with zero attached hydrogens (tertiary/aromatic N) is 4. The molecule has 0 bridgehead atoms. The van der Waals surface area contributed by atoms with E-state index in [4.69, 9.17) is 4.74 Å². The van der Waals surface area contributed by atoms with Gasteiger partial charge in [0.15, 0.2) is 5.82 Å². The summed E-state index contributed by atoms with van der Waals surface area (Å²) >= 11 is 0. The number of hydrogen-bond donors (Lipinski definition) is 0. The highest BCUT2D eigenvalue weighted by Crippen LogP contribution is 2.24. The highest BCUT2D eigenvalue weighted by atomic mass is 16.5. The molecule has 0 aliphatic rings. The predicted molar refractivity (Wildman–Crippen MR) is 91.1 cm³/mol. The molecule has 0 atom stereocenters. The lowest BCUT2D eigenvalue weighted by atomic mass is 10.2. The molecule has 0 saturated carbocycles. The Bertz CT molecular complexity index is 899. The number of pyridine rings is 1. The van der Waals surface area contributed by atoms with Gasteiger partial charge in [0.25, 0.3) is 0 Å². The van der Waals surface area contributed by atoms with Crippen molar-refractivity contribution < 1.29 is 9.53 Å². The van der Waals surface area contributed by atoms with Crippen LogP contribution in [0.25, 0.3) is 5.65 Å². The third-order valence-electron chi connectivity index (χ3n) is 3.45. The molecule has 0 N–H and O–H groups in total. The van der Waals surface area contributed by atoms with Crippen molar-refractivity contribution in [3.8, 4) is 0 Å². The molecule has 6 nitrogen and oxygen atoms in total. The zero-order chi connectivity index (χ0) is 16.9. The molecule has 0 fully saturated rings. The van der Waals surface area contributed by atoms with E-state index in [0.717, 1.165) is 17.8 Å². The van der Waals surface area contributed by atoms with Gasteiger partial charge in [-0.2, -0.15) is 0 Å². The molecule has 6 heteroatoms. The van der Waals surface area contributed by atoms with Crippen molar-refractivity contribution in [2.75, 3.05) is 6.61 Å². The normalized spacial score (nSPS) is 11.2. The first-order chi connectivity index (χ1) is 11.7. The van der Waals surface area contributed by atoms with Crippen LogP contribution in [0.1, 0.15) is 29.4 Å². The van der Waals surface area contributed by atoms with E-state index in [2.05, 4.69) is 15.2 Å². The largest absolute Gasteiger partial charge is 0.462 e. The number of ether oxygens (including phenoxy) is 1. The zero-order valence-corrected chi connectivity index (χ0v) is 13.6. The summed E-state index contributed by atoms with van der Waals surface area (Å²) in [5.41, 5.74) is 2.67. The van der Waals surface area contributed by atoms with Gasteiger partial charge < -0.3 is 4.74 Å². The SMILES string of the molecule is CCCOC(=O)c1cccc(N=Nc2c(C)nc3ccccn23)c1. The molecule has 24 heavy (non-hydrogen) atoms. The van der Waals surface area contributed by atoms with Crippen LogP contribution in [0.3, 0.4) is 0 Å². The molecule has 1 aromatic carbocycles. The molecule has 0 amide bonds. The van der Waals surface area contributed by atoms with Gasteiger partial charge in [0, 0.05) is 6.20 Å². The number of fused-ring (bicyclic) bond motifs is 1. The van der Waals surface area contributed by atoms with Gasteiger partial charge in [-0.05, 0) is 43.7 Å². The molecule has 122 valence electrons. The van der Waals surface area contributed by atoms with Crippen molar-refractivity contribution in [1.29, 1.82) is 0 Å². The lowest BCUT2D eigenvalue weighted by molar-refractivity contribution is 0.0505. The van der Waals surface area contributed by atoms with Gasteiger partial charge >= 0.3 is 5.97 Å². The number of aromatic nitrogens is 2.